The van der Waals surface area contributed by atoms with Crippen LogP contribution in [-0.2, 0) is 4.79 Å². The largest absolute Gasteiger partial charge is 0.481 e. The van der Waals surface area contributed by atoms with Crippen molar-refractivity contribution in [2.75, 3.05) is 6.54 Å². The zero-order valence-corrected chi connectivity index (χ0v) is 11.8. The lowest BCUT2D eigenvalue weighted by Gasteiger charge is -2.15. The normalized spacial score (nSPS) is 17.1. The molecule has 1 aliphatic carbocycles. The van der Waals surface area contributed by atoms with Gasteiger partial charge in [0.15, 0.2) is 0 Å². The van der Waals surface area contributed by atoms with Crippen molar-refractivity contribution in [2.24, 2.45) is 5.92 Å². The zero-order chi connectivity index (χ0) is 14.1. The lowest BCUT2D eigenvalue weighted by molar-refractivity contribution is -0.137. The van der Waals surface area contributed by atoms with E-state index in [1.54, 1.807) is 0 Å². The fourth-order valence-corrected chi connectivity index (χ4v) is 2.64. The molecule has 0 aromatic heterocycles. The SMILES string of the molecule is CCC(CC(=O)O)NC(=O)NCCCC1CCCC1. The van der Waals surface area contributed by atoms with Crippen molar-refractivity contribution in [1.82, 2.24) is 10.6 Å². The molecule has 0 spiro atoms. The fraction of sp³-hybridized carbons (Fsp3) is 0.857. The monoisotopic (exact) mass is 270 g/mol. The maximum absolute atomic E-state index is 11.6. The summed E-state index contributed by atoms with van der Waals surface area (Å²) >= 11 is 0. The Hall–Kier alpha value is -1.26. The molecule has 5 nitrogen and oxygen atoms in total. The standard InChI is InChI=1S/C14H26N2O3/c1-2-12(10-13(17)18)16-14(19)15-9-5-8-11-6-3-4-7-11/h11-12H,2-10H2,1H3,(H,17,18)(H2,15,16,19). The Labute approximate surface area is 115 Å². The summed E-state index contributed by atoms with van der Waals surface area (Å²) in [5.41, 5.74) is 0. The number of hydrogen-bond acceptors (Lipinski definition) is 2. The van der Waals surface area contributed by atoms with Gasteiger partial charge in [-0.1, -0.05) is 32.6 Å². The van der Waals surface area contributed by atoms with Crippen molar-refractivity contribution in [3.63, 3.8) is 0 Å². The van der Waals surface area contributed by atoms with Gasteiger partial charge in [-0.3, -0.25) is 4.79 Å². The Morgan fingerprint density at radius 1 is 1.32 bits per heavy atom. The minimum Gasteiger partial charge on any atom is -0.481 e. The molecule has 19 heavy (non-hydrogen) atoms. The highest BCUT2D eigenvalue weighted by Gasteiger charge is 2.15. The van der Waals surface area contributed by atoms with Crippen molar-refractivity contribution < 1.29 is 14.7 Å². The van der Waals surface area contributed by atoms with Crippen LogP contribution in [0.2, 0.25) is 0 Å². The summed E-state index contributed by atoms with van der Waals surface area (Å²) in [7, 11) is 0. The van der Waals surface area contributed by atoms with Crippen molar-refractivity contribution in [1.29, 1.82) is 0 Å². The first-order valence-corrected chi connectivity index (χ1v) is 7.38. The van der Waals surface area contributed by atoms with Crippen molar-refractivity contribution in [2.45, 2.75) is 64.3 Å². The molecule has 1 rings (SSSR count). The average molecular weight is 270 g/mol. The smallest absolute Gasteiger partial charge is 0.315 e. The highest BCUT2D eigenvalue weighted by atomic mass is 16.4. The van der Waals surface area contributed by atoms with Crippen LogP contribution in [0.4, 0.5) is 4.79 Å². The summed E-state index contributed by atoms with van der Waals surface area (Å²) in [5.74, 6) is -0.0337. The number of hydrogen-bond donors (Lipinski definition) is 3. The molecule has 110 valence electrons. The summed E-state index contributed by atoms with van der Waals surface area (Å²) in [6, 6.07) is -0.535. The maximum Gasteiger partial charge on any atom is 0.315 e. The van der Waals surface area contributed by atoms with Crippen LogP contribution >= 0.6 is 0 Å². The van der Waals surface area contributed by atoms with E-state index >= 15 is 0 Å². The number of amides is 2. The van der Waals surface area contributed by atoms with E-state index in [2.05, 4.69) is 10.6 Å². The topological polar surface area (TPSA) is 78.4 Å². The quantitative estimate of drug-likeness (QED) is 0.593. The molecule has 1 fully saturated rings. The number of rotatable bonds is 8. The molecule has 1 saturated carbocycles. The molecular formula is C14H26N2O3. The molecule has 2 amide bonds. The molecule has 1 atom stereocenters. The van der Waals surface area contributed by atoms with Gasteiger partial charge in [0.2, 0.25) is 0 Å². The summed E-state index contributed by atoms with van der Waals surface area (Å²) in [5, 5.41) is 14.2. The van der Waals surface area contributed by atoms with Crippen LogP contribution in [0.3, 0.4) is 0 Å². The number of nitrogens with one attached hydrogen (secondary N) is 2. The second-order valence-corrected chi connectivity index (χ2v) is 5.40. The van der Waals surface area contributed by atoms with Gasteiger partial charge < -0.3 is 15.7 Å². The summed E-state index contributed by atoms with van der Waals surface area (Å²) in [6.45, 7) is 2.54. The van der Waals surface area contributed by atoms with E-state index in [9.17, 15) is 9.59 Å². The van der Waals surface area contributed by atoms with Gasteiger partial charge in [-0.2, -0.15) is 0 Å². The molecule has 0 saturated heterocycles. The first-order chi connectivity index (χ1) is 9.11. The van der Waals surface area contributed by atoms with Gasteiger partial charge in [-0.15, -0.1) is 0 Å². The van der Waals surface area contributed by atoms with Crippen molar-refractivity contribution in [3.05, 3.63) is 0 Å². The molecule has 5 heteroatoms. The number of urea groups is 1. The van der Waals surface area contributed by atoms with E-state index in [4.69, 9.17) is 5.11 Å². The van der Waals surface area contributed by atoms with Gasteiger partial charge >= 0.3 is 12.0 Å². The molecule has 0 aliphatic heterocycles. The van der Waals surface area contributed by atoms with Gasteiger partial charge in [-0.05, 0) is 25.2 Å². The minimum atomic E-state index is -0.881. The second kappa shape index (κ2) is 8.77. The second-order valence-electron chi connectivity index (χ2n) is 5.40. The minimum absolute atomic E-state index is 0.0218. The van der Waals surface area contributed by atoms with E-state index in [-0.39, 0.29) is 18.5 Å². The Balaban J connectivity index is 2.07. The third-order valence-electron chi connectivity index (χ3n) is 3.80. The number of carboxylic acids is 1. The molecule has 0 heterocycles. The van der Waals surface area contributed by atoms with E-state index in [0.717, 1.165) is 12.3 Å². The predicted molar refractivity (Wildman–Crippen MR) is 74.1 cm³/mol. The molecular weight excluding hydrogens is 244 g/mol. The highest BCUT2D eigenvalue weighted by molar-refractivity contribution is 5.75. The van der Waals surface area contributed by atoms with E-state index in [1.807, 2.05) is 6.92 Å². The van der Waals surface area contributed by atoms with Crippen molar-refractivity contribution >= 4 is 12.0 Å². The fourth-order valence-electron chi connectivity index (χ4n) is 2.64. The molecule has 1 unspecified atom stereocenters. The first-order valence-electron chi connectivity index (χ1n) is 7.38. The molecule has 0 aromatic carbocycles. The van der Waals surface area contributed by atoms with Crippen LogP contribution in [-0.4, -0.2) is 29.7 Å². The highest BCUT2D eigenvalue weighted by Crippen LogP contribution is 2.28. The third kappa shape index (κ3) is 7.03. The van der Waals surface area contributed by atoms with Gasteiger partial charge in [0, 0.05) is 12.6 Å². The van der Waals surface area contributed by atoms with Gasteiger partial charge in [0.05, 0.1) is 6.42 Å². The Morgan fingerprint density at radius 3 is 2.58 bits per heavy atom. The number of carbonyl (C=O) groups excluding carboxylic acids is 1. The van der Waals surface area contributed by atoms with Crippen LogP contribution in [0, 0.1) is 5.92 Å². The van der Waals surface area contributed by atoms with Gasteiger partial charge in [0.25, 0.3) is 0 Å². The summed E-state index contributed by atoms with van der Waals surface area (Å²) < 4.78 is 0. The summed E-state index contributed by atoms with van der Waals surface area (Å²) in [4.78, 5) is 22.2. The molecule has 0 radical (unpaired) electrons. The van der Waals surface area contributed by atoms with E-state index in [1.165, 1.54) is 32.1 Å². The first kappa shape index (κ1) is 15.8. The molecule has 1 aliphatic rings. The maximum atomic E-state index is 11.6. The summed E-state index contributed by atoms with van der Waals surface area (Å²) in [6.07, 6.45) is 8.18. The molecule has 0 bridgehead atoms. The zero-order valence-electron chi connectivity index (χ0n) is 11.8. The van der Waals surface area contributed by atoms with Crippen LogP contribution in [0.5, 0.6) is 0 Å². The number of carboxylic acid groups (broad SMARTS) is 1. The van der Waals surface area contributed by atoms with Crippen molar-refractivity contribution in [3.8, 4) is 0 Å². The average Bonchev–Trinajstić information content (AvgIpc) is 2.86. The molecule has 3 N–H and O–H groups in total. The van der Waals surface area contributed by atoms with Gasteiger partial charge in [0.1, 0.15) is 0 Å². The third-order valence-corrected chi connectivity index (χ3v) is 3.80. The van der Waals surface area contributed by atoms with Crippen LogP contribution in [0.15, 0.2) is 0 Å². The van der Waals surface area contributed by atoms with E-state index < -0.39 is 5.97 Å². The predicted octanol–water partition coefficient (Wildman–Crippen LogP) is 2.51. The van der Waals surface area contributed by atoms with Crippen LogP contribution in [0.25, 0.3) is 0 Å². The lowest BCUT2D eigenvalue weighted by atomic mass is 10.0. The Morgan fingerprint density at radius 2 is 2.00 bits per heavy atom. The number of carbonyl (C=O) groups is 2. The van der Waals surface area contributed by atoms with Crippen LogP contribution < -0.4 is 10.6 Å². The molecule has 0 aromatic rings. The van der Waals surface area contributed by atoms with Crippen LogP contribution in [0.1, 0.15) is 58.3 Å². The Bertz CT molecular complexity index is 288. The van der Waals surface area contributed by atoms with E-state index in [0.29, 0.717) is 13.0 Å². The van der Waals surface area contributed by atoms with Gasteiger partial charge in [-0.25, -0.2) is 4.79 Å². The number of aliphatic carboxylic acids is 1. The lowest BCUT2D eigenvalue weighted by Crippen LogP contribution is -2.43. The Kier molecular flexibility index (Phi) is 7.30.